The number of nitrogens with one attached hydrogen (secondary N) is 1. The van der Waals surface area contributed by atoms with Crippen LogP contribution in [-0.2, 0) is 9.84 Å². The number of anilines is 1. The van der Waals surface area contributed by atoms with Gasteiger partial charge in [0.05, 0.1) is 36.5 Å². The Kier molecular flexibility index (Phi) is 6.41. The molecule has 4 rings (SSSR count). The number of amides is 1. The summed E-state index contributed by atoms with van der Waals surface area (Å²) >= 11 is 0. The molecule has 0 spiro atoms. The fraction of sp³-hybridized carbons (Fsp3) is 0.409. The third-order valence-corrected chi connectivity index (χ3v) is 6.97. The van der Waals surface area contributed by atoms with Crippen LogP contribution in [0.25, 0.3) is 11.3 Å². The van der Waals surface area contributed by atoms with Crippen LogP contribution in [0.2, 0.25) is 0 Å². The molecule has 1 atom stereocenters. The summed E-state index contributed by atoms with van der Waals surface area (Å²) in [5, 5.41) is 11.0. The Labute approximate surface area is 191 Å². The molecule has 0 saturated carbocycles. The smallest absolute Gasteiger partial charge is 0.279 e. The van der Waals surface area contributed by atoms with Crippen LogP contribution in [0.1, 0.15) is 42.5 Å². The van der Waals surface area contributed by atoms with Gasteiger partial charge in [0.1, 0.15) is 5.82 Å². The first-order chi connectivity index (χ1) is 15.8. The lowest BCUT2D eigenvalue weighted by Crippen LogP contribution is -2.19. The lowest BCUT2D eigenvalue weighted by atomic mass is 10.1. The molecule has 0 radical (unpaired) electrons. The van der Waals surface area contributed by atoms with Gasteiger partial charge in [-0.2, -0.15) is 5.10 Å². The van der Waals surface area contributed by atoms with Gasteiger partial charge in [-0.15, -0.1) is 0 Å². The third kappa shape index (κ3) is 5.03. The summed E-state index contributed by atoms with van der Waals surface area (Å²) in [5.41, 5.74) is 1.44. The molecule has 1 amide bonds. The topological polar surface area (TPSA) is 126 Å². The van der Waals surface area contributed by atoms with Gasteiger partial charge in [-0.25, -0.2) is 13.1 Å². The molecule has 1 aliphatic rings. The molecule has 0 bridgehead atoms. The molecular formula is C22H26N4O6S. The van der Waals surface area contributed by atoms with Crippen molar-refractivity contribution in [1.29, 1.82) is 0 Å². The second-order valence-corrected chi connectivity index (χ2v) is 9.96. The summed E-state index contributed by atoms with van der Waals surface area (Å²) in [6.07, 6.45) is 0.459. The molecule has 1 N–H and O–H groups in total. The standard InChI is InChI=1S/C22H26N4O6S/c1-4-30-18-7-6-15(11-20(18)31-5-2)19-12-17(25-32-19)22(27)23-21-10-14(3)24-26(21)16-8-9-33(28,29)13-16/h6-7,10-12,16H,4-5,8-9,13H2,1-3H3,(H,23,27)/t16-/m0/s1. The maximum Gasteiger partial charge on any atom is 0.279 e. The lowest BCUT2D eigenvalue weighted by Gasteiger charge is -2.13. The van der Waals surface area contributed by atoms with Crippen molar-refractivity contribution < 1.29 is 27.2 Å². The van der Waals surface area contributed by atoms with E-state index in [1.54, 1.807) is 35.9 Å². The number of hydrogen-bond acceptors (Lipinski definition) is 8. The van der Waals surface area contributed by atoms with Gasteiger partial charge < -0.3 is 19.3 Å². The normalized spacial score (nSPS) is 17.1. The molecule has 2 aromatic heterocycles. The Morgan fingerprint density at radius 1 is 1.18 bits per heavy atom. The van der Waals surface area contributed by atoms with Crippen LogP contribution in [0, 0.1) is 6.92 Å². The highest BCUT2D eigenvalue weighted by Crippen LogP contribution is 2.33. The van der Waals surface area contributed by atoms with Crippen molar-refractivity contribution in [3.8, 4) is 22.8 Å². The molecule has 0 aliphatic carbocycles. The predicted molar refractivity (Wildman–Crippen MR) is 122 cm³/mol. The average Bonchev–Trinajstić information content (AvgIpc) is 3.48. The monoisotopic (exact) mass is 474 g/mol. The quantitative estimate of drug-likeness (QED) is 0.527. The molecule has 176 valence electrons. The van der Waals surface area contributed by atoms with E-state index < -0.39 is 15.7 Å². The zero-order chi connectivity index (χ0) is 23.6. The molecule has 1 aromatic carbocycles. The van der Waals surface area contributed by atoms with E-state index in [9.17, 15) is 13.2 Å². The van der Waals surface area contributed by atoms with Gasteiger partial charge >= 0.3 is 0 Å². The molecule has 33 heavy (non-hydrogen) atoms. The van der Waals surface area contributed by atoms with Crippen LogP contribution in [-0.4, -0.2) is 54.0 Å². The molecular weight excluding hydrogens is 448 g/mol. The second kappa shape index (κ2) is 9.26. The summed E-state index contributed by atoms with van der Waals surface area (Å²) in [5.74, 6) is 1.65. The summed E-state index contributed by atoms with van der Waals surface area (Å²) in [6.45, 7) is 6.54. The Balaban J connectivity index is 1.53. The largest absolute Gasteiger partial charge is 0.490 e. The SMILES string of the molecule is CCOc1ccc(-c2cc(C(=O)Nc3cc(C)nn3[C@H]3CCS(=O)(=O)C3)no2)cc1OCC. The first kappa shape index (κ1) is 22.8. The van der Waals surface area contributed by atoms with E-state index in [-0.39, 0.29) is 23.2 Å². The lowest BCUT2D eigenvalue weighted by molar-refractivity contribution is 0.101. The maximum atomic E-state index is 12.8. The number of sulfone groups is 1. The van der Waals surface area contributed by atoms with E-state index in [1.807, 2.05) is 13.8 Å². The highest BCUT2D eigenvalue weighted by Gasteiger charge is 2.31. The molecule has 1 saturated heterocycles. The average molecular weight is 475 g/mol. The molecule has 11 heteroatoms. The van der Waals surface area contributed by atoms with Crippen LogP contribution in [0.4, 0.5) is 5.82 Å². The minimum Gasteiger partial charge on any atom is -0.490 e. The number of carbonyl (C=O) groups excluding carboxylic acids is 1. The summed E-state index contributed by atoms with van der Waals surface area (Å²) < 4.78 is 41.9. The molecule has 1 fully saturated rings. The van der Waals surface area contributed by atoms with Crippen molar-refractivity contribution in [2.75, 3.05) is 30.0 Å². The van der Waals surface area contributed by atoms with Crippen molar-refractivity contribution in [2.24, 2.45) is 0 Å². The number of rotatable bonds is 8. The highest BCUT2D eigenvalue weighted by atomic mass is 32.2. The van der Waals surface area contributed by atoms with Gasteiger partial charge in [-0.1, -0.05) is 5.16 Å². The highest BCUT2D eigenvalue weighted by molar-refractivity contribution is 7.91. The zero-order valence-electron chi connectivity index (χ0n) is 18.7. The first-order valence-electron chi connectivity index (χ1n) is 10.7. The zero-order valence-corrected chi connectivity index (χ0v) is 19.5. The summed E-state index contributed by atoms with van der Waals surface area (Å²) in [4.78, 5) is 12.8. The summed E-state index contributed by atoms with van der Waals surface area (Å²) in [6, 6.07) is 8.28. The van der Waals surface area contributed by atoms with Crippen LogP contribution in [0.5, 0.6) is 11.5 Å². The third-order valence-electron chi connectivity index (χ3n) is 5.22. The van der Waals surface area contributed by atoms with Gasteiger partial charge in [-0.05, 0) is 45.4 Å². The van der Waals surface area contributed by atoms with E-state index in [0.717, 1.165) is 0 Å². The molecule has 3 heterocycles. The second-order valence-electron chi connectivity index (χ2n) is 7.73. The van der Waals surface area contributed by atoms with Crippen LogP contribution < -0.4 is 14.8 Å². The fourth-order valence-electron chi connectivity index (χ4n) is 3.76. The molecule has 1 aliphatic heterocycles. The molecule has 3 aromatic rings. The molecule has 10 nitrogen and oxygen atoms in total. The van der Waals surface area contributed by atoms with Crippen LogP contribution in [0.3, 0.4) is 0 Å². The first-order valence-corrected chi connectivity index (χ1v) is 12.6. The van der Waals surface area contributed by atoms with Gasteiger partial charge in [0.2, 0.25) is 0 Å². The van der Waals surface area contributed by atoms with E-state index in [4.69, 9.17) is 14.0 Å². The van der Waals surface area contributed by atoms with Crippen LogP contribution >= 0.6 is 0 Å². The Morgan fingerprint density at radius 3 is 2.64 bits per heavy atom. The van der Waals surface area contributed by atoms with E-state index in [0.29, 0.717) is 54.0 Å². The fourth-order valence-corrected chi connectivity index (χ4v) is 5.45. The number of benzene rings is 1. The Bertz CT molecular complexity index is 1260. The van der Waals surface area contributed by atoms with Gasteiger partial charge in [0.25, 0.3) is 5.91 Å². The van der Waals surface area contributed by atoms with Crippen molar-refractivity contribution >= 4 is 21.6 Å². The number of carbonyl (C=O) groups is 1. The predicted octanol–water partition coefficient (Wildman–Crippen LogP) is 3.26. The van der Waals surface area contributed by atoms with E-state index >= 15 is 0 Å². The number of aromatic nitrogens is 3. The minimum absolute atomic E-state index is 0.00496. The van der Waals surface area contributed by atoms with E-state index in [2.05, 4.69) is 15.6 Å². The maximum absolute atomic E-state index is 12.8. The number of hydrogen-bond donors (Lipinski definition) is 1. The molecule has 0 unspecified atom stereocenters. The number of ether oxygens (including phenoxy) is 2. The minimum atomic E-state index is -3.09. The van der Waals surface area contributed by atoms with Crippen molar-refractivity contribution in [2.45, 2.75) is 33.2 Å². The van der Waals surface area contributed by atoms with Crippen molar-refractivity contribution in [3.05, 3.63) is 41.7 Å². The van der Waals surface area contributed by atoms with Gasteiger partial charge in [-0.3, -0.25) is 4.79 Å². The Hall–Kier alpha value is -3.34. The van der Waals surface area contributed by atoms with Gasteiger partial charge in [0.15, 0.2) is 32.8 Å². The van der Waals surface area contributed by atoms with Crippen molar-refractivity contribution in [3.63, 3.8) is 0 Å². The van der Waals surface area contributed by atoms with Crippen molar-refractivity contribution in [1.82, 2.24) is 14.9 Å². The van der Waals surface area contributed by atoms with Gasteiger partial charge in [0, 0.05) is 17.7 Å². The van der Waals surface area contributed by atoms with Crippen LogP contribution in [0.15, 0.2) is 34.9 Å². The number of nitrogens with zero attached hydrogens (tertiary/aromatic N) is 3. The number of aryl methyl sites for hydroxylation is 1. The Morgan fingerprint density at radius 2 is 1.94 bits per heavy atom. The van der Waals surface area contributed by atoms with E-state index in [1.165, 1.54) is 6.07 Å². The summed E-state index contributed by atoms with van der Waals surface area (Å²) in [7, 11) is -3.09.